The molecule has 2 rings (SSSR count). The van der Waals surface area contributed by atoms with Crippen LogP contribution in [0.15, 0.2) is 30.3 Å². The van der Waals surface area contributed by atoms with Gasteiger partial charge in [-0.2, -0.15) is 0 Å². The van der Waals surface area contributed by atoms with Gasteiger partial charge in [-0.05, 0) is 24.3 Å². The smallest absolute Gasteiger partial charge is 0.199 e. The molecule has 2 aromatic carbocycles. The van der Waals surface area contributed by atoms with Crippen LogP contribution in [0.25, 0.3) is 0 Å². The van der Waals surface area contributed by atoms with Crippen molar-refractivity contribution in [1.29, 1.82) is 0 Å². The van der Waals surface area contributed by atoms with Gasteiger partial charge in [-0.15, -0.1) is 0 Å². The van der Waals surface area contributed by atoms with Gasteiger partial charge in [0.15, 0.2) is 23.2 Å². The molecular formula is C14H8F4O2. The summed E-state index contributed by atoms with van der Waals surface area (Å²) in [6, 6.07) is 4.68. The van der Waals surface area contributed by atoms with Crippen molar-refractivity contribution in [2.24, 2.45) is 0 Å². The van der Waals surface area contributed by atoms with Crippen LogP contribution in [-0.2, 0) is 0 Å². The molecule has 2 aromatic rings. The van der Waals surface area contributed by atoms with Gasteiger partial charge in [0.05, 0.1) is 18.2 Å². The second kappa shape index (κ2) is 5.32. The average Bonchev–Trinajstić information content (AvgIpc) is 2.44. The van der Waals surface area contributed by atoms with Gasteiger partial charge in [0.1, 0.15) is 11.6 Å². The van der Waals surface area contributed by atoms with Gasteiger partial charge in [0.25, 0.3) is 0 Å². The molecule has 0 spiro atoms. The van der Waals surface area contributed by atoms with Crippen molar-refractivity contribution in [2.45, 2.75) is 0 Å². The quantitative estimate of drug-likeness (QED) is 0.490. The zero-order valence-corrected chi connectivity index (χ0v) is 10.2. The van der Waals surface area contributed by atoms with Crippen LogP contribution < -0.4 is 4.74 Å². The van der Waals surface area contributed by atoms with E-state index in [1.54, 1.807) is 0 Å². The molecule has 0 saturated carbocycles. The number of halogens is 4. The van der Waals surface area contributed by atoms with Crippen LogP contribution in [0, 0.1) is 23.3 Å². The average molecular weight is 284 g/mol. The Labute approximate surface area is 111 Å². The number of hydrogen-bond acceptors (Lipinski definition) is 2. The normalized spacial score (nSPS) is 10.4. The van der Waals surface area contributed by atoms with Crippen molar-refractivity contribution in [2.75, 3.05) is 7.11 Å². The van der Waals surface area contributed by atoms with Crippen molar-refractivity contribution >= 4 is 5.78 Å². The third kappa shape index (κ3) is 2.36. The molecule has 0 bridgehead atoms. The molecule has 0 amide bonds. The summed E-state index contributed by atoms with van der Waals surface area (Å²) in [4.78, 5) is 11.9. The Hall–Kier alpha value is -2.37. The highest BCUT2D eigenvalue weighted by atomic mass is 19.2. The Morgan fingerprint density at radius 1 is 0.900 bits per heavy atom. The number of methoxy groups -OCH3 is 1. The zero-order valence-electron chi connectivity index (χ0n) is 10.2. The van der Waals surface area contributed by atoms with Gasteiger partial charge in [-0.3, -0.25) is 4.79 Å². The van der Waals surface area contributed by atoms with Crippen LogP contribution in [0.1, 0.15) is 15.9 Å². The first-order chi connectivity index (χ1) is 9.45. The van der Waals surface area contributed by atoms with Crippen LogP contribution in [0.2, 0.25) is 0 Å². The van der Waals surface area contributed by atoms with E-state index in [-0.39, 0.29) is 5.75 Å². The Morgan fingerprint density at radius 3 is 2.15 bits per heavy atom. The summed E-state index contributed by atoms with van der Waals surface area (Å²) in [6.07, 6.45) is 0. The molecule has 0 aliphatic rings. The highest BCUT2D eigenvalue weighted by Gasteiger charge is 2.22. The Balaban J connectivity index is 2.49. The van der Waals surface area contributed by atoms with E-state index in [1.165, 1.54) is 13.2 Å². The summed E-state index contributed by atoms with van der Waals surface area (Å²) >= 11 is 0. The highest BCUT2D eigenvalue weighted by molar-refractivity contribution is 6.09. The minimum absolute atomic E-state index is 0.171. The molecule has 0 N–H and O–H groups in total. The number of ketones is 1. The van der Waals surface area contributed by atoms with E-state index in [0.29, 0.717) is 6.07 Å². The molecule has 0 aliphatic heterocycles. The van der Waals surface area contributed by atoms with E-state index < -0.39 is 40.2 Å². The van der Waals surface area contributed by atoms with Crippen LogP contribution in [0.5, 0.6) is 5.75 Å². The zero-order chi connectivity index (χ0) is 14.9. The van der Waals surface area contributed by atoms with Gasteiger partial charge in [-0.1, -0.05) is 0 Å². The van der Waals surface area contributed by atoms with E-state index in [0.717, 1.165) is 18.2 Å². The van der Waals surface area contributed by atoms with E-state index in [2.05, 4.69) is 0 Å². The molecule has 0 heterocycles. The Morgan fingerprint density at radius 2 is 1.55 bits per heavy atom. The first-order valence-electron chi connectivity index (χ1n) is 5.47. The minimum atomic E-state index is -1.77. The summed E-state index contributed by atoms with van der Waals surface area (Å²) in [6.45, 7) is 0. The van der Waals surface area contributed by atoms with Crippen molar-refractivity contribution in [3.63, 3.8) is 0 Å². The molecule has 0 atom stereocenters. The molecule has 6 heteroatoms. The lowest BCUT2D eigenvalue weighted by molar-refractivity contribution is 0.103. The largest absolute Gasteiger partial charge is 0.497 e. The van der Waals surface area contributed by atoms with Gasteiger partial charge in [0, 0.05) is 6.07 Å². The molecule has 0 radical (unpaired) electrons. The first kappa shape index (κ1) is 14.0. The van der Waals surface area contributed by atoms with E-state index in [4.69, 9.17) is 4.74 Å². The van der Waals surface area contributed by atoms with Crippen LogP contribution in [-0.4, -0.2) is 12.9 Å². The summed E-state index contributed by atoms with van der Waals surface area (Å²) in [5, 5.41) is 0. The lowest BCUT2D eigenvalue weighted by atomic mass is 10.0. The molecule has 0 aromatic heterocycles. The highest BCUT2D eigenvalue weighted by Crippen LogP contribution is 2.22. The number of hydrogen-bond donors (Lipinski definition) is 0. The lowest BCUT2D eigenvalue weighted by Gasteiger charge is -2.06. The monoisotopic (exact) mass is 284 g/mol. The van der Waals surface area contributed by atoms with Gasteiger partial charge in [-0.25, -0.2) is 17.6 Å². The van der Waals surface area contributed by atoms with Crippen LogP contribution in [0.3, 0.4) is 0 Å². The summed E-state index contributed by atoms with van der Waals surface area (Å²) in [7, 11) is 1.31. The first-order valence-corrected chi connectivity index (χ1v) is 5.47. The Kier molecular flexibility index (Phi) is 3.74. The van der Waals surface area contributed by atoms with Gasteiger partial charge < -0.3 is 4.74 Å². The number of carbonyl (C=O) groups is 1. The number of ether oxygens (including phenoxy) is 1. The molecule has 0 unspecified atom stereocenters. The van der Waals surface area contributed by atoms with Crippen molar-refractivity contribution in [1.82, 2.24) is 0 Å². The van der Waals surface area contributed by atoms with Crippen LogP contribution in [0.4, 0.5) is 17.6 Å². The number of benzene rings is 2. The van der Waals surface area contributed by atoms with Crippen LogP contribution >= 0.6 is 0 Å². The van der Waals surface area contributed by atoms with E-state index in [1.807, 2.05) is 0 Å². The second-order valence-electron chi connectivity index (χ2n) is 3.90. The molecule has 104 valence electrons. The summed E-state index contributed by atoms with van der Waals surface area (Å²) in [5.74, 6) is -6.70. The summed E-state index contributed by atoms with van der Waals surface area (Å²) in [5.41, 5.74) is -1.20. The van der Waals surface area contributed by atoms with Crippen molar-refractivity contribution in [3.05, 3.63) is 64.7 Å². The maximum absolute atomic E-state index is 13.7. The van der Waals surface area contributed by atoms with Crippen molar-refractivity contribution < 1.29 is 27.1 Å². The van der Waals surface area contributed by atoms with E-state index in [9.17, 15) is 22.4 Å². The number of carbonyl (C=O) groups excluding carboxylic acids is 1. The summed E-state index contributed by atoms with van der Waals surface area (Å²) < 4.78 is 57.8. The lowest BCUT2D eigenvalue weighted by Crippen LogP contribution is -2.09. The predicted octanol–water partition coefficient (Wildman–Crippen LogP) is 3.48. The minimum Gasteiger partial charge on any atom is -0.497 e. The van der Waals surface area contributed by atoms with E-state index >= 15 is 0 Å². The molecule has 2 nitrogen and oxygen atoms in total. The number of rotatable bonds is 3. The SMILES string of the molecule is COc1ccc(C(=O)c2ccc(F)c(F)c2F)c(F)c1. The Bertz CT molecular complexity index is 683. The third-order valence-corrected chi connectivity index (χ3v) is 2.70. The maximum Gasteiger partial charge on any atom is 0.199 e. The topological polar surface area (TPSA) is 26.3 Å². The standard InChI is InChI=1S/C14H8F4O2/c1-20-7-2-3-8(11(16)6-7)14(19)9-4-5-10(15)13(18)12(9)17/h2-6H,1H3. The fourth-order valence-electron chi connectivity index (χ4n) is 1.65. The molecular weight excluding hydrogens is 276 g/mol. The maximum atomic E-state index is 13.7. The molecule has 0 fully saturated rings. The predicted molar refractivity (Wildman–Crippen MR) is 62.7 cm³/mol. The molecule has 0 saturated heterocycles. The van der Waals surface area contributed by atoms with Gasteiger partial charge >= 0.3 is 0 Å². The fraction of sp³-hybridized carbons (Fsp3) is 0.0714. The molecule has 20 heavy (non-hydrogen) atoms. The van der Waals surface area contributed by atoms with Crippen molar-refractivity contribution in [3.8, 4) is 5.75 Å². The molecule has 0 aliphatic carbocycles. The second-order valence-corrected chi connectivity index (χ2v) is 3.90. The third-order valence-electron chi connectivity index (χ3n) is 2.70. The van der Waals surface area contributed by atoms with Gasteiger partial charge in [0.2, 0.25) is 0 Å². The fourth-order valence-corrected chi connectivity index (χ4v) is 1.65.